The molecule has 0 aliphatic carbocycles. The first-order valence-electron chi connectivity index (χ1n) is 5.42. The van der Waals surface area contributed by atoms with Crippen molar-refractivity contribution < 1.29 is 4.79 Å². The summed E-state index contributed by atoms with van der Waals surface area (Å²) in [5.74, 6) is 0. The van der Waals surface area contributed by atoms with Gasteiger partial charge in [0.2, 0.25) is 0 Å². The summed E-state index contributed by atoms with van der Waals surface area (Å²) in [6, 6.07) is 3.76. The van der Waals surface area contributed by atoms with Gasteiger partial charge < -0.3 is 10.6 Å². The maximum Gasteiger partial charge on any atom is 0.315 e. The quantitative estimate of drug-likeness (QED) is 0.816. The molecule has 2 amide bonds. The lowest BCUT2D eigenvalue weighted by Crippen LogP contribution is -2.46. The Kier molecular flexibility index (Phi) is 4.28. The van der Waals surface area contributed by atoms with E-state index in [0.29, 0.717) is 6.54 Å². The van der Waals surface area contributed by atoms with E-state index < -0.39 is 0 Å². The second kappa shape index (κ2) is 5.49. The maximum absolute atomic E-state index is 11.4. The fourth-order valence-electron chi connectivity index (χ4n) is 1.25. The van der Waals surface area contributed by atoms with Gasteiger partial charge in [0.25, 0.3) is 0 Å². The van der Waals surface area contributed by atoms with Gasteiger partial charge in [-0.05, 0) is 38.8 Å². The molecule has 0 radical (unpaired) electrons. The molecule has 2 N–H and O–H groups in total. The topological polar surface area (TPSA) is 54.0 Å². The van der Waals surface area contributed by atoms with Gasteiger partial charge in [-0.1, -0.05) is 6.07 Å². The van der Waals surface area contributed by atoms with Crippen LogP contribution in [0.3, 0.4) is 0 Å². The molecule has 0 spiro atoms. The zero-order valence-electron chi connectivity index (χ0n) is 10.1. The summed E-state index contributed by atoms with van der Waals surface area (Å²) in [7, 11) is 0. The van der Waals surface area contributed by atoms with Crippen LogP contribution in [0.4, 0.5) is 4.79 Å². The monoisotopic (exact) mass is 221 g/mol. The molecule has 0 fully saturated rings. The van der Waals surface area contributed by atoms with Crippen molar-refractivity contribution in [3.05, 3.63) is 30.1 Å². The predicted octanol–water partition coefficient (Wildman–Crippen LogP) is 1.72. The Bertz CT molecular complexity index is 330. The van der Waals surface area contributed by atoms with Crippen molar-refractivity contribution in [1.29, 1.82) is 0 Å². The average Bonchev–Trinajstić information content (AvgIpc) is 2.16. The van der Waals surface area contributed by atoms with Crippen LogP contribution in [0.2, 0.25) is 0 Å². The summed E-state index contributed by atoms with van der Waals surface area (Å²) in [6.45, 7) is 6.47. The molecule has 16 heavy (non-hydrogen) atoms. The van der Waals surface area contributed by atoms with Gasteiger partial charge in [0.1, 0.15) is 0 Å². The minimum atomic E-state index is -0.196. The highest BCUT2D eigenvalue weighted by Crippen LogP contribution is 1.98. The lowest BCUT2D eigenvalue weighted by molar-refractivity contribution is 0.232. The van der Waals surface area contributed by atoms with Crippen LogP contribution in [0.25, 0.3) is 0 Å². The van der Waals surface area contributed by atoms with Crippen LogP contribution in [0.5, 0.6) is 0 Å². The number of urea groups is 1. The Labute approximate surface area is 96.5 Å². The van der Waals surface area contributed by atoms with Crippen molar-refractivity contribution in [1.82, 2.24) is 15.6 Å². The van der Waals surface area contributed by atoms with Crippen LogP contribution in [0.15, 0.2) is 24.5 Å². The summed E-state index contributed by atoms with van der Waals surface area (Å²) in [5, 5.41) is 5.65. The molecule has 0 bridgehead atoms. The fourth-order valence-corrected chi connectivity index (χ4v) is 1.25. The zero-order valence-corrected chi connectivity index (χ0v) is 10.1. The van der Waals surface area contributed by atoms with E-state index >= 15 is 0 Å². The van der Waals surface area contributed by atoms with E-state index in [1.807, 2.05) is 39.1 Å². The van der Waals surface area contributed by atoms with E-state index in [-0.39, 0.29) is 11.6 Å². The third-order valence-corrected chi connectivity index (χ3v) is 1.91. The van der Waals surface area contributed by atoms with E-state index in [1.165, 1.54) is 0 Å². The minimum Gasteiger partial charge on any atom is -0.338 e. The summed E-state index contributed by atoms with van der Waals surface area (Å²) in [5.41, 5.74) is 0.928. The largest absolute Gasteiger partial charge is 0.338 e. The van der Waals surface area contributed by atoms with Crippen molar-refractivity contribution in [2.45, 2.75) is 32.7 Å². The molecular formula is C12H19N3O. The lowest BCUT2D eigenvalue weighted by Gasteiger charge is -2.20. The maximum atomic E-state index is 11.4. The number of carbonyl (C=O) groups excluding carboxylic acids is 1. The average molecular weight is 221 g/mol. The molecule has 1 aromatic heterocycles. The molecule has 0 aromatic carbocycles. The first-order valence-corrected chi connectivity index (χ1v) is 5.42. The highest BCUT2D eigenvalue weighted by atomic mass is 16.2. The lowest BCUT2D eigenvalue weighted by atomic mass is 10.1. The standard InChI is InChI=1S/C12H19N3O/c1-12(2,3)15-11(16)14-8-6-10-5-4-7-13-9-10/h4-5,7,9H,6,8H2,1-3H3,(H2,14,15,16). The molecule has 0 saturated heterocycles. The number of hydrogen-bond donors (Lipinski definition) is 2. The number of rotatable bonds is 3. The fraction of sp³-hybridized carbons (Fsp3) is 0.500. The number of aromatic nitrogens is 1. The molecule has 0 saturated carbocycles. The second-order valence-electron chi connectivity index (χ2n) is 4.74. The van der Waals surface area contributed by atoms with Gasteiger partial charge >= 0.3 is 6.03 Å². The molecule has 4 nitrogen and oxygen atoms in total. The van der Waals surface area contributed by atoms with Crippen LogP contribution in [0, 0.1) is 0 Å². The first-order chi connectivity index (χ1) is 7.47. The normalized spacial score (nSPS) is 10.9. The van der Waals surface area contributed by atoms with Crippen molar-refractivity contribution >= 4 is 6.03 Å². The summed E-state index contributed by atoms with van der Waals surface area (Å²) < 4.78 is 0. The number of nitrogens with zero attached hydrogens (tertiary/aromatic N) is 1. The van der Waals surface area contributed by atoms with Gasteiger partial charge in [-0.2, -0.15) is 0 Å². The third-order valence-electron chi connectivity index (χ3n) is 1.91. The summed E-state index contributed by atoms with van der Waals surface area (Å²) in [6.07, 6.45) is 4.35. The Balaban J connectivity index is 2.24. The van der Waals surface area contributed by atoms with Gasteiger partial charge in [0.15, 0.2) is 0 Å². The SMILES string of the molecule is CC(C)(C)NC(=O)NCCc1cccnc1. The number of hydrogen-bond acceptors (Lipinski definition) is 2. The Morgan fingerprint density at radius 3 is 2.75 bits per heavy atom. The second-order valence-corrected chi connectivity index (χ2v) is 4.74. The highest BCUT2D eigenvalue weighted by Gasteiger charge is 2.12. The first kappa shape index (κ1) is 12.5. The van der Waals surface area contributed by atoms with Crippen molar-refractivity contribution in [3.8, 4) is 0 Å². The van der Waals surface area contributed by atoms with Gasteiger partial charge in [-0.15, -0.1) is 0 Å². The molecule has 88 valence electrons. The van der Waals surface area contributed by atoms with Gasteiger partial charge in [-0.25, -0.2) is 4.79 Å². The Morgan fingerprint density at radius 2 is 2.19 bits per heavy atom. The third kappa shape index (κ3) is 5.34. The van der Waals surface area contributed by atoms with Crippen LogP contribution in [-0.4, -0.2) is 23.1 Å². The van der Waals surface area contributed by atoms with Crippen molar-refractivity contribution in [2.75, 3.05) is 6.54 Å². The number of amides is 2. The predicted molar refractivity (Wildman–Crippen MR) is 64.2 cm³/mol. The Morgan fingerprint density at radius 1 is 1.44 bits per heavy atom. The van der Waals surface area contributed by atoms with Crippen molar-refractivity contribution in [2.24, 2.45) is 0 Å². The molecule has 0 atom stereocenters. The molecule has 0 aliphatic rings. The number of nitrogens with one attached hydrogen (secondary N) is 2. The molecule has 4 heteroatoms. The smallest absolute Gasteiger partial charge is 0.315 e. The van der Waals surface area contributed by atoms with Crippen LogP contribution < -0.4 is 10.6 Å². The molecule has 0 aliphatic heterocycles. The van der Waals surface area contributed by atoms with Gasteiger partial charge in [0.05, 0.1) is 0 Å². The highest BCUT2D eigenvalue weighted by molar-refractivity contribution is 5.74. The van der Waals surface area contributed by atoms with Crippen LogP contribution in [0.1, 0.15) is 26.3 Å². The van der Waals surface area contributed by atoms with Gasteiger partial charge in [-0.3, -0.25) is 4.98 Å². The van der Waals surface area contributed by atoms with E-state index in [0.717, 1.165) is 12.0 Å². The summed E-state index contributed by atoms with van der Waals surface area (Å²) >= 11 is 0. The molecule has 1 aromatic rings. The van der Waals surface area contributed by atoms with E-state index in [9.17, 15) is 4.79 Å². The molecular weight excluding hydrogens is 202 g/mol. The van der Waals surface area contributed by atoms with E-state index in [2.05, 4.69) is 15.6 Å². The van der Waals surface area contributed by atoms with Gasteiger partial charge in [0, 0.05) is 24.5 Å². The minimum absolute atomic E-state index is 0.128. The van der Waals surface area contributed by atoms with E-state index in [1.54, 1.807) is 6.20 Å². The van der Waals surface area contributed by atoms with Crippen LogP contribution in [-0.2, 0) is 6.42 Å². The summed E-state index contributed by atoms with van der Waals surface area (Å²) in [4.78, 5) is 15.4. The molecule has 0 unspecified atom stereocenters. The number of carbonyl (C=O) groups is 1. The van der Waals surface area contributed by atoms with Crippen LogP contribution >= 0.6 is 0 Å². The molecule has 1 rings (SSSR count). The molecule has 1 heterocycles. The Hall–Kier alpha value is -1.58. The number of pyridine rings is 1. The zero-order chi connectivity index (χ0) is 12.0. The van der Waals surface area contributed by atoms with Crippen molar-refractivity contribution in [3.63, 3.8) is 0 Å². The van der Waals surface area contributed by atoms with E-state index in [4.69, 9.17) is 0 Å².